The van der Waals surface area contributed by atoms with Gasteiger partial charge in [-0.15, -0.1) is 0 Å². The zero-order valence-corrected chi connectivity index (χ0v) is 17.3. The first-order chi connectivity index (χ1) is 13.6. The van der Waals surface area contributed by atoms with E-state index in [0.29, 0.717) is 13.2 Å². The van der Waals surface area contributed by atoms with Gasteiger partial charge < -0.3 is 9.47 Å². The molecule has 3 aromatic rings. The van der Waals surface area contributed by atoms with Crippen LogP contribution in [0.4, 0.5) is 0 Å². The van der Waals surface area contributed by atoms with Crippen LogP contribution >= 0.6 is 15.9 Å². The molecule has 0 saturated heterocycles. The van der Waals surface area contributed by atoms with Crippen molar-refractivity contribution in [3.05, 3.63) is 113 Å². The molecule has 0 radical (unpaired) electrons. The Morgan fingerprint density at radius 1 is 0.857 bits per heavy atom. The van der Waals surface area contributed by atoms with Gasteiger partial charge in [-0.2, -0.15) is 0 Å². The largest absolute Gasteiger partial charge is 0.493 e. The van der Waals surface area contributed by atoms with Crippen molar-refractivity contribution < 1.29 is 9.47 Å². The van der Waals surface area contributed by atoms with Crippen LogP contribution in [-0.4, -0.2) is 6.61 Å². The van der Waals surface area contributed by atoms with Gasteiger partial charge in [-0.3, -0.25) is 0 Å². The van der Waals surface area contributed by atoms with Crippen LogP contribution in [0.15, 0.2) is 96.5 Å². The van der Waals surface area contributed by atoms with E-state index in [9.17, 15) is 0 Å². The molecule has 3 aromatic carbocycles. The Morgan fingerprint density at radius 2 is 1.57 bits per heavy atom. The molecule has 0 unspecified atom stereocenters. The molecular weight excluding hydrogens is 412 g/mol. The van der Waals surface area contributed by atoms with Crippen LogP contribution in [0, 0.1) is 0 Å². The van der Waals surface area contributed by atoms with Crippen molar-refractivity contribution in [3.63, 3.8) is 0 Å². The maximum Gasteiger partial charge on any atom is 0.120 e. The van der Waals surface area contributed by atoms with E-state index in [1.54, 1.807) is 6.08 Å². The second-order valence-corrected chi connectivity index (χ2v) is 7.33. The van der Waals surface area contributed by atoms with Crippen LogP contribution in [0.5, 0.6) is 11.5 Å². The lowest BCUT2D eigenvalue weighted by Gasteiger charge is -2.09. The van der Waals surface area contributed by atoms with Gasteiger partial charge in [0.1, 0.15) is 18.1 Å². The molecule has 3 rings (SSSR count). The molecule has 0 saturated carbocycles. The molecule has 0 aliphatic rings. The Bertz CT molecular complexity index is 928. The Labute approximate surface area is 175 Å². The van der Waals surface area contributed by atoms with E-state index >= 15 is 0 Å². The highest BCUT2D eigenvalue weighted by atomic mass is 79.9. The maximum atomic E-state index is 5.86. The molecule has 0 fully saturated rings. The fourth-order valence-electron chi connectivity index (χ4n) is 2.70. The summed E-state index contributed by atoms with van der Waals surface area (Å²) in [6, 6.07) is 24.2. The van der Waals surface area contributed by atoms with E-state index in [1.807, 2.05) is 48.5 Å². The Hall–Kier alpha value is -2.78. The highest BCUT2D eigenvalue weighted by Gasteiger charge is 2.00. The number of allylic oxidation sites excluding steroid dienone is 2. The van der Waals surface area contributed by atoms with Crippen LogP contribution in [0.1, 0.15) is 16.7 Å². The highest BCUT2D eigenvalue weighted by molar-refractivity contribution is 9.10. The number of hydrogen-bond acceptors (Lipinski definition) is 2. The van der Waals surface area contributed by atoms with Crippen LogP contribution < -0.4 is 9.47 Å². The van der Waals surface area contributed by atoms with Crippen molar-refractivity contribution in [3.8, 4) is 11.5 Å². The van der Waals surface area contributed by atoms with Crippen LogP contribution in [0.3, 0.4) is 0 Å². The molecule has 3 heteroatoms. The lowest BCUT2D eigenvalue weighted by Crippen LogP contribution is -2.02. The minimum Gasteiger partial charge on any atom is -0.493 e. The van der Waals surface area contributed by atoms with Crippen molar-refractivity contribution >= 4 is 21.5 Å². The molecule has 0 atom stereocenters. The summed E-state index contributed by atoms with van der Waals surface area (Å²) in [5.74, 6) is 1.71. The Kier molecular flexibility index (Phi) is 7.10. The van der Waals surface area contributed by atoms with E-state index in [2.05, 4.69) is 53.4 Å². The molecule has 0 amide bonds. The van der Waals surface area contributed by atoms with Crippen LogP contribution in [0.25, 0.3) is 5.57 Å². The monoisotopic (exact) mass is 434 g/mol. The van der Waals surface area contributed by atoms with Gasteiger partial charge in [-0.25, -0.2) is 0 Å². The molecule has 28 heavy (non-hydrogen) atoms. The van der Waals surface area contributed by atoms with Crippen molar-refractivity contribution in [2.45, 2.75) is 13.0 Å². The first-order valence-corrected chi connectivity index (χ1v) is 9.94. The lowest BCUT2D eigenvalue weighted by molar-refractivity contribution is 0.304. The third kappa shape index (κ3) is 5.86. The normalized spacial score (nSPS) is 10.3. The summed E-state index contributed by atoms with van der Waals surface area (Å²) < 4.78 is 12.7. The maximum absolute atomic E-state index is 5.86. The number of benzene rings is 3. The van der Waals surface area contributed by atoms with Gasteiger partial charge in [0.25, 0.3) is 0 Å². The summed E-state index contributed by atoms with van der Waals surface area (Å²) in [5, 5.41) is 0. The molecule has 0 heterocycles. The van der Waals surface area contributed by atoms with Gasteiger partial charge in [-0.1, -0.05) is 77.6 Å². The second-order valence-electron chi connectivity index (χ2n) is 6.41. The van der Waals surface area contributed by atoms with E-state index in [1.165, 1.54) is 5.56 Å². The molecule has 0 N–H and O–H groups in total. The Morgan fingerprint density at radius 3 is 2.25 bits per heavy atom. The molecule has 2 nitrogen and oxygen atoms in total. The van der Waals surface area contributed by atoms with Crippen molar-refractivity contribution in [2.24, 2.45) is 0 Å². The summed E-state index contributed by atoms with van der Waals surface area (Å²) in [4.78, 5) is 0. The third-order valence-corrected chi connectivity index (χ3v) is 4.85. The summed E-state index contributed by atoms with van der Waals surface area (Å²) >= 11 is 3.45. The van der Waals surface area contributed by atoms with Crippen LogP contribution in [0.2, 0.25) is 0 Å². The van der Waals surface area contributed by atoms with Gasteiger partial charge in [0.05, 0.1) is 6.61 Å². The molecule has 0 spiro atoms. The molecule has 0 aliphatic heterocycles. The van der Waals surface area contributed by atoms with Gasteiger partial charge >= 0.3 is 0 Å². The summed E-state index contributed by atoms with van der Waals surface area (Å²) in [7, 11) is 0. The van der Waals surface area contributed by atoms with E-state index in [0.717, 1.165) is 39.1 Å². The second kappa shape index (κ2) is 9.95. The SMILES string of the molecule is C=CC(=C)c1ccc(CCOc2ccc(COc3cccc(Br)c3)cc2)cc1. The van der Waals surface area contributed by atoms with Crippen molar-refractivity contribution in [1.29, 1.82) is 0 Å². The molecule has 0 aromatic heterocycles. The number of hydrogen-bond donors (Lipinski definition) is 0. The Balaban J connectivity index is 1.45. The predicted octanol–water partition coefficient (Wildman–Crippen LogP) is 6.85. The number of rotatable bonds is 9. The first kappa shape index (κ1) is 20.0. The fraction of sp³-hybridized carbons (Fsp3) is 0.120. The zero-order chi connectivity index (χ0) is 19.8. The summed E-state index contributed by atoms with van der Waals surface area (Å²) in [6.07, 6.45) is 2.63. The van der Waals surface area contributed by atoms with E-state index < -0.39 is 0 Å². The van der Waals surface area contributed by atoms with Crippen molar-refractivity contribution in [1.82, 2.24) is 0 Å². The number of ether oxygens (including phenoxy) is 2. The fourth-order valence-corrected chi connectivity index (χ4v) is 3.07. The first-order valence-electron chi connectivity index (χ1n) is 9.15. The average molecular weight is 435 g/mol. The molecule has 0 bridgehead atoms. The minimum atomic E-state index is 0.527. The summed E-state index contributed by atoms with van der Waals surface area (Å²) in [6.45, 7) is 8.87. The van der Waals surface area contributed by atoms with E-state index in [4.69, 9.17) is 9.47 Å². The minimum absolute atomic E-state index is 0.527. The van der Waals surface area contributed by atoms with Gasteiger partial charge in [0.2, 0.25) is 0 Å². The topological polar surface area (TPSA) is 18.5 Å². The van der Waals surface area contributed by atoms with Crippen molar-refractivity contribution in [2.75, 3.05) is 6.61 Å². The average Bonchev–Trinajstić information content (AvgIpc) is 2.73. The number of halogens is 1. The zero-order valence-electron chi connectivity index (χ0n) is 15.7. The lowest BCUT2D eigenvalue weighted by atomic mass is 10.0. The summed E-state index contributed by atoms with van der Waals surface area (Å²) in [5.41, 5.74) is 4.37. The van der Waals surface area contributed by atoms with Crippen LogP contribution in [-0.2, 0) is 13.0 Å². The van der Waals surface area contributed by atoms with E-state index in [-0.39, 0.29) is 0 Å². The molecule has 142 valence electrons. The highest BCUT2D eigenvalue weighted by Crippen LogP contribution is 2.20. The predicted molar refractivity (Wildman–Crippen MR) is 120 cm³/mol. The van der Waals surface area contributed by atoms with Gasteiger partial charge in [0, 0.05) is 10.9 Å². The van der Waals surface area contributed by atoms with Gasteiger partial charge in [-0.05, 0) is 52.6 Å². The molecule has 0 aliphatic carbocycles. The third-order valence-electron chi connectivity index (χ3n) is 4.36. The van der Waals surface area contributed by atoms with Gasteiger partial charge in [0.15, 0.2) is 0 Å². The standard InChI is InChI=1S/C25H23BrO2/c1-3-19(2)22-11-7-20(8-12-22)15-16-27-24-13-9-21(10-14-24)18-28-25-6-4-5-23(26)17-25/h3-14,17H,1-2,15-16,18H2. The quantitative estimate of drug-likeness (QED) is 0.342. The molecular formula is C25H23BrO2. The smallest absolute Gasteiger partial charge is 0.120 e.